The Morgan fingerprint density at radius 2 is 1.82 bits per heavy atom. The SMILES string of the molecule is Cn1cc(-c2ccc(O)c3ccccc23)cn1. The number of hydrogen-bond acceptors (Lipinski definition) is 2. The van der Waals surface area contributed by atoms with Crippen LogP contribution in [0, 0.1) is 0 Å². The van der Waals surface area contributed by atoms with Crippen LogP contribution in [-0.2, 0) is 7.05 Å². The lowest BCUT2D eigenvalue weighted by atomic mass is 10.00. The van der Waals surface area contributed by atoms with E-state index in [4.69, 9.17) is 0 Å². The van der Waals surface area contributed by atoms with Crippen LogP contribution in [0.2, 0.25) is 0 Å². The minimum Gasteiger partial charge on any atom is -0.507 e. The van der Waals surface area contributed by atoms with Crippen LogP contribution < -0.4 is 0 Å². The smallest absolute Gasteiger partial charge is 0.123 e. The van der Waals surface area contributed by atoms with Gasteiger partial charge in [-0.15, -0.1) is 0 Å². The molecule has 0 bridgehead atoms. The van der Waals surface area contributed by atoms with Crippen LogP contribution in [0.3, 0.4) is 0 Å². The van der Waals surface area contributed by atoms with Gasteiger partial charge in [0.05, 0.1) is 6.20 Å². The van der Waals surface area contributed by atoms with E-state index >= 15 is 0 Å². The lowest BCUT2D eigenvalue weighted by Gasteiger charge is -2.06. The zero-order valence-corrected chi connectivity index (χ0v) is 9.46. The molecule has 0 aliphatic rings. The van der Waals surface area contributed by atoms with Crippen LogP contribution in [0.15, 0.2) is 48.8 Å². The van der Waals surface area contributed by atoms with Crippen molar-refractivity contribution < 1.29 is 5.11 Å². The molecule has 3 aromatic rings. The van der Waals surface area contributed by atoms with Gasteiger partial charge in [0.25, 0.3) is 0 Å². The van der Waals surface area contributed by atoms with Gasteiger partial charge in [0.1, 0.15) is 5.75 Å². The number of phenolic OH excluding ortho intramolecular Hbond substituents is 1. The summed E-state index contributed by atoms with van der Waals surface area (Å²) in [4.78, 5) is 0. The monoisotopic (exact) mass is 224 g/mol. The minimum atomic E-state index is 0.313. The molecule has 1 N–H and O–H groups in total. The predicted octanol–water partition coefficient (Wildman–Crippen LogP) is 2.95. The molecular formula is C14H12N2O. The van der Waals surface area contributed by atoms with Gasteiger partial charge in [0.15, 0.2) is 0 Å². The molecule has 3 nitrogen and oxygen atoms in total. The van der Waals surface area contributed by atoms with Crippen LogP contribution in [0.1, 0.15) is 0 Å². The normalized spacial score (nSPS) is 10.9. The summed E-state index contributed by atoms with van der Waals surface area (Å²) in [5.41, 5.74) is 2.15. The molecule has 0 saturated heterocycles. The number of hydrogen-bond donors (Lipinski definition) is 1. The van der Waals surface area contributed by atoms with Crippen LogP contribution >= 0.6 is 0 Å². The Morgan fingerprint density at radius 3 is 2.53 bits per heavy atom. The molecule has 0 radical (unpaired) electrons. The fourth-order valence-corrected chi connectivity index (χ4v) is 2.10. The first-order valence-electron chi connectivity index (χ1n) is 5.45. The topological polar surface area (TPSA) is 38.0 Å². The summed E-state index contributed by atoms with van der Waals surface area (Å²) in [6.07, 6.45) is 3.80. The maximum Gasteiger partial charge on any atom is 0.123 e. The van der Waals surface area contributed by atoms with Crippen molar-refractivity contribution in [2.24, 2.45) is 7.05 Å². The van der Waals surface area contributed by atoms with Gasteiger partial charge in [-0.2, -0.15) is 5.10 Å². The summed E-state index contributed by atoms with van der Waals surface area (Å²) in [5, 5.41) is 15.9. The third-order valence-electron chi connectivity index (χ3n) is 2.92. The van der Waals surface area contributed by atoms with Gasteiger partial charge in [-0.05, 0) is 23.1 Å². The first-order valence-corrected chi connectivity index (χ1v) is 5.45. The van der Waals surface area contributed by atoms with Gasteiger partial charge in [-0.3, -0.25) is 4.68 Å². The molecule has 17 heavy (non-hydrogen) atoms. The zero-order valence-electron chi connectivity index (χ0n) is 9.46. The Labute approximate surface area is 98.9 Å². The van der Waals surface area contributed by atoms with E-state index in [1.165, 1.54) is 0 Å². The van der Waals surface area contributed by atoms with Crippen molar-refractivity contribution in [1.82, 2.24) is 9.78 Å². The van der Waals surface area contributed by atoms with Crippen LogP contribution in [-0.4, -0.2) is 14.9 Å². The summed E-state index contributed by atoms with van der Waals surface area (Å²) in [5.74, 6) is 0.313. The Kier molecular flexibility index (Phi) is 2.11. The molecule has 84 valence electrons. The van der Waals surface area contributed by atoms with E-state index in [-0.39, 0.29) is 0 Å². The number of aromatic nitrogens is 2. The molecule has 0 amide bonds. The summed E-state index contributed by atoms with van der Waals surface area (Å²) in [6.45, 7) is 0. The zero-order chi connectivity index (χ0) is 11.8. The van der Waals surface area contributed by atoms with E-state index in [2.05, 4.69) is 5.10 Å². The number of nitrogens with zero attached hydrogens (tertiary/aromatic N) is 2. The summed E-state index contributed by atoms with van der Waals surface area (Å²) in [6, 6.07) is 11.5. The maximum atomic E-state index is 9.83. The third kappa shape index (κ3) is 1.56. The molecule has 3 heteroatoms. The van der Waals surface area contributed by atoms with Crippen LogP contribution in [0.5, 0.6) is 5.75 Å². The molecule has 0 saturated carbocycles. The van der Waals surface area contributed by atoms with E-state index in [1.807, 2.05) is 49.8 Å². The van der Waals surface area contributed by atoms with Crippen molar-refractivity contribution in [2.75, 3.05) is 0 Å². The molecule has 0 aliphatic carbocycles. The average Bonchev–Trinajstić information content (AvgIpc) is 2.77. The Bertz CT molecular complexity index is 686. The molecule has 2 aromatic carbocycles. The van der Waals surface area contributed by atoms with Crippen molar-refractivity contribution in [3.8, 4) is 16.9 Å². The van der Waals surface area contributed by atoms with Crippen LogP contribution in [0.4, 0.5) is 0 Å². The number of phenols is 1. The molecule has 0 unspecified atom stereocenters. The molecular weight excluding hydrogens is 212 g/mol. The van der Waals surface area contributed by atoms with E-state index in [9.17, 15) is 5.11 Å². The second-order valence-corrected chi connectivity index (χ2v) is 4.08. The lowest BCUT2D eigenvalue weighted by Crippen LogP contribution is -1.84. The first kappa shape index (κ1) is 9.90. The van der Waals surface area contributed by atoms with Gasteiger partial charge in [0, 0.05) is 24.2 Å². The number of rotatable bonds is 1. The van der Waals surface area contributed by atoms with E-state index in [0.717, 1.165) is 21.9 Å². The largest absolute Gasteiger partial charge is 0.507 e. The van der Waals surface area contributed by atoms with E-state index in [1.54, 1.807) is 10.7 Å². The van der Waals surface area contributed by atoms with E-state index < -0.39 is 0 Å². The standard InChI is InChI=1S/C14H12N2O/c1-16-9-10(8-15-16)11-6-7-14(17)13-5-3-2-4-12(11)13/h2-9,17H,1H3. The fourth-order valence-electron chi connectivity index (χ4n) is 2.10. The molecule has 1 aromatic heterocycles. The molecule has 1 heterocycles. The molecule has 0 atom stereocenters. The number of aromatic hydroxyl groups is 1. The highest BCUT2D eigenvalue weighted by atomic mass is 16.3. The number of benzene rings is 2. The van der Waals surface area contributed by atoms with Crippen molar-refractivity contribution in [3.63, 3.8) is 0 Å². The van der Waals surface area contributed by atoms with Gasteiger partial charge in [-0.25, -0.2) is 0 Å². The van der Waals surface area contributed by atoms with Gasteiger partial charge in [0.2, 0.25) is 0 Å². The van der Waals surface area contributed by atoms with Gasteiger partial charge in [-0.1, -0.05) is 24.3 Å². The van der Waals surface area contributed by atoms with Gasteiger partial charge < -0.3 is 5.11 Å². The Balaban J connectivity index is 2.34. The minimum absolute atomic E-state index is 0.313. The molecule has 0 aliphatic heterocycles. The number of fused-ring (bicyclic) bond motifs is 1. The van der Waals surface area contributed by atoms with Gasteiger partial charge >= 0.3 is 0 Å². The Hall–Kier alpha value is -2.29. The number of aryl methyl sites for hydroxylation is 1. The summed E-state index contributed by atoms with van der Waals surface area (Å²) >= 11 is 0. The quantitative estimate of drug-likeness (QED) is 0.690. The predicted molar refractivity (Wildman–Crippen MR) is 67.8 cm³/mol. The molecule has 0 fully saturated rings. The molecule has 3 rings (SSSR count). The fraction of sp³-hybridized carbons (Fsp3) is 0.0714. The summed E-state index contributed by atoms with van der Waals surface area (Å²) in [7, 11) is 1.89. The van der Waals surface area contributed by atoms with E-state index in [0.29, 0.717) is 5.75 Å². The highest BCUT2D eigenvalue weighted by Gasteiger charge is 2.07. The van der Waals surface area contributed by atoms with Crippen LogP contribution in [0.25, 0.3) is 21.9 Å². The lowest BCUT2D eigenvalue weighted by molar-refractivity contribution is 0.481. The first-order chi connectivity index (χ1) is 8.25. The highest BCUT2D eigenvalue weighted by Crippen LogP contribution is 2.33. The van der Waals surface area contributed by atoms with Crippen molar-refractivity contribution in [2.45, 2.75) is 0 Å². The second-order valence-electron chi connectivity index (χ2n) is 4.08. The van der Waals surface area contributed by atoms with Crippen molar-refractivity contribution in [3.05, 3.63) is 48.8 Å². The Morgan fingerprint density at radius 1 is 1.06 bits per heavy atom. The second kappa shape index (κ2) is 3.63. The van der Waals surface area contributed by atoms with Crippen molar-refractivity contribution >= 4 is 10.8 Å². The maximum absolute atomic E-state index is 9.83. The summed E-state index contributed by atoms with van der Waals surface area (Å²) < 4.78 is 1.77. The highest BCUT2D eigenvalue weighted by molar-refractivity contribution is 5.99. The average molecular weight is 224 g/mol. The van der Waals surface area contributed by atoms with Crippen molar-refractivity contribution in [1.29, 1.82) is 0 Å². The molecule has 0 spiro atoms. The third-order valence-corrected chi connectivity index (χ3v) is 2.92.